The van der Waals surface area contributed by atoms with Crippen molar-refractivity contribution in [1.82, 2.24) is 30.2 Å². The van der Waals surface area contributed by atoms with E-state index in [0.29, 0.717) is 41.9 Å². The normalized spacial score (nSPS) is 17.3. The monoisotopic (exact) mass is 535 g/mol. The Morgan fingerprint density at radius 1 is 1.15 bits per heavy atom. The van der Waals surface area contributed by atoms with E-state index in [0.717, 1.165) is 50.1 Å². The lowest BCUT2D eigenvalue weighted by molar-refractivity contribution is 0.0921. The van der Waals surface area contributed by atoms with Crippen LogP contribution in [-0.2, 0) is 11.2 Å². The van der Waals surface area contributed by atoms with Crippen LogP contribution < -0.4 is 10.6 Å². The number of ether oxygens (including phenoxy) is 1. The summed E-state index contributed by atoms with van der Waals surface area (Å²) in [7, 11) is 0. The van der Waals surface area contributed by atoms with Crippen LogP contribution >= 0.6 is 0 Å². The molecule has 4 aromatic rings. The van der Waals surface area contributed by atoms with Gasteiger partial charge in [-0.15, -0.1) is 0 Å². The summed E-state index contributed by atoms with van der Waals surface area (Å²) < 4.78 is 33.8. The van der Waals surface area contributed by atoms with E-state index in [-0.39, 0.29) is 29.6 Å². The number of H-pyrrole nitrogens is 1. The number of halogens is 2. The van der Waals surface area contributed by atoms with Crippen molar-refractivity contribution in [2.24, 2.45) is 0 Å². The molecule has 1 saturated carbocycles. The number of aromatic nitrogens is 5. The zero-order chi connectivity index (χ0) is 27.2. The van der Waals surface area contributed by atoms with Crippen LogP contribution in [0.1, 0.15) is 55.1 Å². The Morgan fingerprint density at radius 2 is 2.03 bits per heavy atom. The van der Waals surface area contributed by atoms with Gasteiger partial charge in [-0.3, -0.25) is 9.78 Å². The van der Waals surface area contributed by atoms with Crippen LogP contribution in [0.15, 0.2) is 43.0 Å². The average Bonchev–Trinajstić information content (AvgIpc) is 3.36. The molecule has 0 saturated heterocycles. The minimum Gasteiger partial charge on any atom is -0.382 e. The number of amides is 1. The molecule has 2 atom stereocenters. The maximum Gasteiger partial charge on any atom is 0.270 e. The number of fused-ring (bicyclic) bond motifs is 1. The largest absolute Gasteiger partial charge is 0.382 e. The Balaban J connectivity index is 1.23. The molecule has 0 unspecified atom stereocenters. The molecule has 5 rings (SSSR count). The zero-order valence-electron chi connectivity index (χ0n) is 21.7. The summed E-state index contributed by atoms with van der Waals surface area (Å²) in [5.74, 6) is -0.965. The zero-order valence-corrected chi connectivity index (χ0v) is 21.7. The minimum atomic E-state index is -0.584. The molecule has 1 fully saturated rings. The molecule has 1 amide bonds. The molecule has 4 heterocycles. The minimum absolute atomic E-state index is 0.0668. The highest BCUT2D eigenvalue weighted by Crippen LogP contribution is 2.28. The van der Waals surface area contributed by atoms with E-state index in [4.69, 9.17) is 4.74 Å². The van der Waals surface area contributed by atoms with Gasteiger partial charge in [0.05, 0.1) is 12.4 Å². The lowest BCUT2D eigenvalue weighted by atomic mass is 9.90. The number of nitrogens with zero attached hydrogens (tertiary/aromatic N) is 4. The first-order valence-corrected chi connectivity index (χ1v) is 13.3. The van der Waals surface area contributed by atoms with Crippen molar-refractivity contribution >= 4 is 22.8 Å². The summed E-state index contributed by atoms with van der Waals surface area (Å²) in [6.45, 7) is 3.34. The second kappa shape index (κ2) is 12.2. The molecule has 3 N–H and O–H groups in total. The molecule has 0 aromatic carbocycles. The summed E-state index contributed by atoms with van der Waals surface area (Å²) in [4.78, 5) is 32.7. The topological polar surface area (TPSA) is 118 Å². The third-order valence-corrected chi connectivity index (χ3v) is 6.85. The van der Waals surface area contributed by atoms with Gasteiger partial charge in [0.2, 0.25) is 0 Å². The highest BCUT2D eigenvalue weighted by Gasteiger charge is 2.25. The molecule has 39 heavy (non-hydrogen) atoms. The molecule has 0 aliphatic heterocycles. The first-order valence-electron chi connectivity index (χ1n) is 13.3. The summed E-state index contributed by atoms with van der Waals surface area (Å²) >= 11 is 0. The molecular weight excluding hydrogens is 504 g/mol. The number of carbonyl (C=O) groups is 1. The Kier molecular flexibility index (Phi) is 8.36. The number of pyridine rings is 2. The van der Waals surface area contributed by atoms with E-state index in [2.05, 4.69) is 35.6 Å². The average molecular weight is 536 g/mol. The van der Waals surface area contributed by atoms with Gasteiger partial charge in [-0.2, -0.15) is 0 Å². The number of carbonyl (C=O) groups excluding carboxylic acids is 1. The Bertz CT molecular complexity index is 1440. The quantitative estimate of drug-likeness (QED) is 0.249. The number of aryl methyl sites for hydroxylation is 1. The molecule has 0 bridgehead atoms. The molecule has 1 aliphatic rings. The lowest BCUT2D eigenvalue weighted by Crippen LogP contribution is -2.42. The third-order valence-electron chi connectivity index (χ3n) is 6.85. The van der Waals surface area contributed by atoms with Gasteiger partial charge in [-0.1, -0.05) is 0 Å². The van der Waals surface area contributed by atoms with Crippen LogP contribution in [0.5, 0.6) is 0 Å². The van der Waals surface area contributed by atoms with Gasteiger partial charge in [0, 0.05) is 48.6 Å². The van der Waals surface area contributed by atoms with Crippen LogP contribution in [-0.4, -0.2) is 56.1 Å². The van der Waals surface area contributed by atoms with E-state index in [1.807, 2.05) is 19.1 Å². The van der Waals surface area contributed by atoms with E-state index in [1.54, 1.807) is 12.4 Å². The highest BCUT2D eigenvalue weighted by molar-refractivity contribution is 5.93. The van der Waals surface area contributed by atoms with Gasteiger partial charge < -0.3 is 20.4 Å². The fourth-order valence-corrected chi connectivity index (χ4v) is 4.94. The second-order valence-corrected chi connectivity index (χ2v) is 9.67. The van der Waals surface area contributed by atoms with Crippen molar-refractivity contribution in [2.75, 3.05) is 18.5 Å². The lowest BCUT2D eigenvalue weighted by Gasteiger charge is -2.30. The number of aromatic amines is 1. The van der Waals surface area contributed by atoms with Crippen molar-refractivity contribution in [2.45, 2.75) is 57.5 Å². The molecular formula is C28H31F2N7O2. The van der Waals surface area contributed by atoms with E-state index in [9.17, 15) is 13.6 Å². The highest BCUT2D eigenvalue weighted by atomic mass is 19.1. The van der Waals surface area contributed by atoms with Crippen LogP contribution in [0.2, 0.25) is 0 Å². The Labute approximate surface area is 224 Å². The molecule has 9 nitrogen and oxygen atoms in total. The van der Waals surface area contributed by atoms with Crippen LogP contribution in [0, 0.1) is 11.6 Å². The van der Waals surface area contributed by atoms with Crippen molar-refractivity contribution in [3.8, 4) is 11.4 Å². The summed E-state index contributed by atoms with van der Waals surface area (Å²) in [6, 6.07) is 4.90. The number of nitrogens with one attached hydrogen (secondary N) is 3. The Hall–Kier alpha value is -3.99. The third kappa shape index (κ3) is 6.54. The van der Waals surface area contributed by atoms with Crippen LogP contribution in [0.25, 0.3) is 22.4 Å². The van der Waals surface area contributed by atoms with Crippen molar-refractivity contribution in [1.29, 1.82) is 0 Å². The maximum absolute atomic E-state index is 14.7. The fourth-order valence-electron chi connectivity index (χ4n) is 4.94. The fraction of sp³-hybridized carbons (Fsp3) is 0.393. The van der Waals surface area contributed by atoms with Gasteiger partial charge in [0.15, 0.2) is 17.5 Å². The summed E-state index contributed by atoms with van der Waals surface area (Å²) in [5.41, 5.74) is 2.45. The first-order chi connectivity index (χ1) is 19.0. The smallest absolute Gasteiger partial charge is 0.270 e. The summed E-state index contributed by atoms with van der Waals surface area (Å²) in [5, 5.41) is 6.79. The molecule has 11 heteroatoms. The van der Waals surface area contributed by atoms with Crippen molar-refractivity contribution < 1.29 is 18.3 Å². The Morgan fingerprint density at radius 3 is 2.90 bits per heavy atom. The van der Waals surface area contributed by atoms with E-state index in [1.165, 1.54) is 6.07 Å². The number of hydrogen-bond acceptors (Lipinski definition) is 7. The second-order valence-electron chi connectivity index (χ2n) is 9.67. The molecule has 1 aliphatic carbocycles. The SMILES string of the molecule is CCOCCCc1ccnc(C(=O)N[C@@H]2CCC[C@H](Nc3nc(-c4c[nH]c5ncc(F)cc45)ncc3F)C2)c1. The van der Waals surface area contributed by atoms with Crippen molar-refractivity contribution in [3.63, 3.8) is 0 Å². The molecule has 0 radical (unpaired) electrons. The van der Waals surface area contributed by atoms with Crippen LogP contribution in [0.3, 0.4) is 0 Å². The van der Waals surface area contributed by atoms with Gasteiger partial charge in [-0.25, -0.2) is 23.7 Å². The van der Waals surface area contributed by atoms with Crippen LogP contribution in [0.4, 0.5) is 14.6 Å². The van der Waals surface area contributed by atoms with Gasteiger partial charge in [-0.05, 0) is 69.2 Å². The number of anilines is 1. The standard InChI is InChI=1S/C28H31F2N7O2/c1-2-39-10-4-5-17-8-9-31-24(11-17)28(38)36-20-7-3-6-19(13-20)35-27-23(30)16-34-26(37-27)22-15-33-25-21(22)12-18(29)14-32-25/h8-9,11-12,14-16,19-20H,2-7,10,13H2,1H3,(H,32,33)(H,36,38)(H,34,35,37)/t19-,20+/m0/s1. The molecule has 204 valence electrons. The van der Waals surface area contributed by atoms with Gasteiger partial charge in [0.25, 0.3) is 5.91 Å². The maximum atomic E-state index is 14.7. The predicted octanol–water partition coefficient (Wildman–Crippen LogP) is 4.82. The van der Waals surface area contributed by atoms with E-state index < -0.39 is 11.6 Å². The number of hydrogen-bond donors (Lipinski definition) is 3. The molecule has 0 spiro atoms. The van der Waals surface area contributed by atoms with Crippen molar-refractivity contribution in [3.05, 3.63) is 65.9 Å². The first kappa shape index (κ1) is 26.6. The predicted molar refractivity (Wildman–Crippen MR) is 143 cm³/mol. The van der Waals surface area contributed by atoms with Gasteiger partial charge >= 0.3 is 0 Å². The number of rotatable bonds is 10. The van der Waals surface area contributed by atoms with E-state index >= 15 is 0 Å². The molecule has 4 aromatic heterocycles. The summed E-state index contributed by atoms with van der Waals surface area (Å²) in [6.07, 6.45) is 10.3. The van der Waals surface area contributed by atoms with Gasteiger partial charge in [0.1, 0.15) is 17.2 Å².